The second-order valence-electron chi connectivity index (χ2n) is 3.53. The van der Waals surface area contributed by atoms with E-state index in [2.05, 4.69) is 10.1 Å². The van der Waals surface area contributed by atoms with Crippen LogP contribution in [0.5, 0.6) is 0 Å². The molecule has 0 radical (unpaired) electrons. The van der Waals surface area contributed by atoms with Gasteiger partial charge in [-0.25, -0.2) is 4.79 Å². The van der Waals surface area contributed by atoms with Gasteiger partial charge in [-0.2, -0.15) is 0 Å². The molecule has 0 saturated carbocycles. The van der Waals surface area contributed by atoms with Crippen LogP contribution in [0.2, 0.25) is 0 Å². The van der Waals surface area contributed by atoms with Crippen LogP contribution in [-0.4, -0.2) is 32.2 Å². The van der Waals surface area contributed by atoms with Gasteiger partial charge in [-0.05, 0) is 19.1 Å². The Balaban J connectivity index is 2.66. The molecule has 0 aliphatic heterocycles. The van der Waals surface area contributed by atoms with Crippen LogP contribution >= 0.6 is 0 Å². The van der Waals surface area contributed by atoms with Crippen LogP contribution in [0.1, 0.15) is 23.7 Å². The zero-order chi connectivity index (χ0) is 13.4. The van der Waals surface area contributed by atoms with Crippen LogP contribution < -0.4 is 5.32 Å². The van der Waals surface area contributed by atoms with Crippen molar-refractivity contribution >= 4 is 17.6 Å². The second-order valence-corrected chi connectivity index (χ2v) is 3.53. The number of anilines is 1. The maximum absolute atomic E-state index is 11.6. The molecule has 0 aromatic heterocycles. The lowest BCUT2D eigenvalue weighted by Crippen LogP contribution is -2.16. The Morgan fingerprint density at radius 2 is 2.00 bits per heavy atom. The SMILES string of the molecule is CCOCCC(=O)Nc1ccccc1C(=O)OC. The van der Waals surface area contributed by atoms with Crippen molar-refractivity contribution in [2.24, 2.45) is 0 Å². The Bertz CT molecular complexity index is 417. The number of methoxy groups -OCH3 is 1. The molecule has 1 aromatic rings. The third-order valence-corrected chi connectivity index (χ3v) is 2.28. The minimum Gasteiger partial charge on any atom is -0.465 e. The second kappa shape index (κ2) is 7.45. The molecule has 0 aliphatic carbocycles. The summed E-state index contributed by atoms with van der Waals surface area (Å²) in [5, 5.41) is 2.66. The predicted octanol–water partition coefficient (Wildman–Crippen LogP) is 1.84. The van der Waals surface area contributed by atoms with E-state index in [0.29, 0.717) is 24.5 Å². The summed E-state index contributed by atoms with van der Waals surface area (Å²) in [5.74, 6) is -0.671. The fraction of sp³-hybridized carbons (Fsp3) is 0.385. The summed E-state index contributed by atoms with van der Waals surface area (Å²) < 4.78 is 9.73. The summed E-state index contributed by atoms with van der Waals surface area (Å²) in [6, 6.07) is 6.71. The van der Waals surface area contributed by atoms with Gasteiger partial charge in [-0.1, -0.05) is 12.1 Å². The van der Waals surface area contributed by atoms with Gasteiger partial charge < -0.3 is 14.8 Å². The van der Waals surface area contributed by atoms with Crippen LogP contribution in [0.25, 0.3) is 0 Å². The Kier molecular flexibility index (Phi) is 5.87. The zero-order valence-electron chi connectivity index (χ0n) is 10.6. The summed E-state index contributed by atoms with van der Waals surface area (Å²) in [4.78, 5) is 23.1. The molecule has 0 bridgehead atoms. The van der Waals surface area contributed by atoms with Crippen molar-refractivity contribution in [3.8, 4) is 0 Å². The highest BCUT2D eigenvalue weighted by molar-refractivity contribution is 6.01. The molecule has 98 valence electrons. The lowest BCUT2D eigenvalue weighted by atomic mass is 10.1. The Labute approximate surface area is 106 Å². The van der Waals surface area contributed by atoms with E-state index in [1.54, 1.807) is 24.3 Å². The van der Waals surface area contributed by atoms with Crippen molar-refractivity contribution in [2.75, 3.05) is 25.6 Å². The normalized spacial score (nSPS) is 9.89. The number of para-hydroxylation sites is 1. The third kappa shape index (κ3) is 4.18. The molecule has 1 amide bonds. The summed E-state index contributed by atoms with van der Waals surface area (Å²) >= 11 is 0. The first-order chi connectivity index (χ1) is 8.69. The van der Waals surface area contributed by atoms with Gasteiger partial charge in [0.1, 0.15) is 0 Å². The van der Waals surface area contributed by atoms with E-state index < -0.39 is 5.97 Å². The topological polar surface area (TPSA) is 64.6 Å². The standard InChI is InChI=1S/C13H17NO4/c1-3-18-9-8-12(15)14-11-7-5-4-6-10(11)13(16)17-2/h4-7H,3,8-9H2,1-2H3,(H,14,15). The number of hydrogen-bond acceptors (Lipinski definition) is 4. The van der Waals surface area contributed by atoms with Gasteiger partial charge in [-0.3, -0.25) is 4.79 Å². The number of hydrogen-bond donors (Lipinski definition) is 1. The first-order valence-corrected chi connectivity index (χ1v) is 5.74. The molecule has 18 heavy (non-hydrogen) atoms. The van der Waals surface area contributed by atoms with Gasteiger partial charge in [0.05, 0.1) is 31.4 Å². The van der Waals surface area contributed by atoms with Gasteiger partial charge >= 0.3 is 5.97 Å². The van der Waals surface area contributed by atoms with Crippen molar-refractivity contribution in [1.29, 1.82) is 0 Å². The number of esters is 1. The minimum atomic E-state index is -0.476. The van der Waals surface area contributed by atoms with Crippen LogP contribution in [0, 0.1) is 0 Å². The van der Waals surface area contributed by atoms with Crippen LogP contribution in [0.4, 0.5) is 5.69 Å². The van der Waals surface area contributed by atoms with E-state index >= 15 is 0 Å². The zero-order valence-corrected chi connectivity index (χ0v) is 10.6. The van der Waals surface area contributed by atoms with Crippen molar-refractivity contribution in [1.82, 2.24) is 0 Å². The fourth-order valence-corrected chi connectivity index (χ4v) is 1.40. The molecule has 0 aliphatic rings. The third-order valence-electron chi connectivity index (χ3n) is 2.28. The molecule has 1 aromatic carbocycles. The highest BCUT2D eigenvalue weighted by Gasteiger charge is 2.12. The Hall–Kier alpha value is -1.88. The Morgan fingerprint density at radius 1 is 1.28 bits per heavy atom. The van der Waals surface area contributed by atoms with Crippen molar-refractivity contribution in [3.63, 3.8) is 0 Å². The smallest absolute Gasteiger partial charge is 0.339 e. The maximum Gasteiger partial charge on any atom is 0.339 e. The van der Waals surface area contributed by atoms with Crippen LogP contribution in [0.3, 0.4) is 0 Å². The number of carbonyl (C=O) groups is 2. The first-order valence-electron chi connectivity index (χ1n) is 5.74. The quantitative estimate of drug-likeness (QED) is 0.619. The Morgan fingerprint density at radius 3 is 2.67 bits per heavy atom. The van der Waals surface area contributed by atoms with Crippen LogP contribution in [-0.2, 0) is 14.3 Å². The summed E-state index contributed by atoms with van der Waals surface area (Å²) in [5.41, 5.74) is 0.788. The molecule has 5 nitrogen and oxygen atoms in total. The van der Waals surface area contributed by atoms with Gasteiger partial charge in [0.15, 0.2) is 0 Å². The number of ether oxygens (including phenoxy) is 2. The molecule has 0 spiro atoms. The lowest BCUT2D eigenvalue weighted by molar-refractivity contribution is -0.117. The van der Waals surface area contributed by atoms with E-state index in [9.17, 15) is 9.59 Å². The van der Waals surface area contributed by atoms with E-state index in [1.165, 1.54) is 7.11 Å². The summed E-state index contributed by atoms with van der Waals surface area (Å²) in [6.45, 7) is 2.80. The number of benzene rings is 1. The van der Waals surface area contributed by atoms with E-state index in [4.69, 9.17) is 4.74 Å². The molecule has 0 heterocycles. The molecule has 0 saturated heterocycles. The molecular formula is C13H17NO4. The largest absolute Gasteiger partial charge is 0.465 e. The van der Waals surface area contributed by atoms with Crippen molar-refractivity contribution < 1.29 is 19.1 Å². The van der Waals surface area contributed by atoms with E-state index in [-0.39, 0.29) is 12.3 Å². The molecule has 0 fully saturated rings. The average molecular weight is 251 g/mol. The van der Waals surface area contributed by atoms with Crippen molar-refractivity contribution in [2.45, 2.75) is 13.3 Å². The summed E-state index contributed by atoms with van der Waals surface area (Å²) in [7, 11) is 1.30. The highest BCUT2D eigenvalue weighted by atomic mass is 16.5. The molecule has 0 unspecified atom stereocenters. The van der Waals surface area contributed by atoms with E-state index in [0.717, 1.165) is 0 Å². The minimum absolute atomic E-state index is 0.195. The predicted molar refractivity (Wildman–Crippen MR) is 67.5 cm³/mol. The first kappa shape index (κ1) is 14.2. The number of amides is 1. The number of carbonyl (C=O) groups excluding carboxylic acids is 2. The maximum atomic E-state index is 11.6. The lowest BCUT2D eigenvalue weighted by Gasteiger charge is -2.09. The monoisotopic (exact) mass is 251 g/mol. The molecule has 1 rings (SSSR count). The van der Waals surface area contributed by atoms with Crippen LogP contribution in [0.15, 0.2) is 24.3 Å². The van der Waals surface area contributed by atoms with E-state index in [1.807, 2.05) is 6.92 Å². The number of rotatable bonds is 6. The molecule has 5 heteroatoms. The average Bonchev–Trinajstić information content (AvgIpc) is 2.39. The number of nitrogens with one attached hydrogen (secondary N) is 1. The fourth-order valence-electron chi connectivity index (χ4n) is 1.40. The highest BCUT2D eigenvalue weighted by Crippen LogP contribution is 2.16. The molecular weight excluding hydrogens is 234 g/mol. The van der Waals surface area contributed by atoms with Gasteiger partial charge in [0.2, 0.25) is 5.91 Å². The van der Waals surface area contributed by atoms with Gasteiger partial charge in [-0.15, -0.1) is 0 Å². The van der Waals surface area contributed by atoms with Gasteiger partial charge in [0.25, 0.3) is 0 Å². The molecule has 0 atom stereocenters. The molecule has 1 N–H and O–H groups in total. The van der Waals surface area contributed by atoms with Crippen molar-refractivity contribution in [3.05, 3.63) is 29.8 Å². The van der Waals surface area contributed by atoms with Gasteiger partial charge in [0, 0.05) is 6.61 Å². The summed E-state index contributed by atoms with van der Waals surface area (Å²) in [6.07, 6.45) is 0.253.